The van der Waals surface area contributed by atoms with E-state index in [1.54, 1.807) is 24.3 Å². The molecule has 0 aliphatic rings. The van der Waals surface area contributed by atoms with Crippen LogP contribution in [0.15, 0.2) is 57.7 Å². The molecule has 0 bridgehead atoms. The van der Waals surface area contributed by atoms with Crippen LogP contribution in [0.1, 0.15) is 21.6 Å². The van der Waals surface area contributed by atoms with E-state index in [1.165, 1.54) is 52.8 Å². The first-order valence-corrected chi connectivity index (χ1v) is 15.4. The van der Waals surface area contributed by atoms with Crippen LogP contribution in [0, 0.1) is 24.1 Å². The number of rotatable bonds is 7. The van der Waals surface area contributed by atoms with Crippen molar-refractivity contribution >= 4 is 65.3 Å². The minimum atomic E-state index is -2.76. The first-order valence-electron chi connectivity index (χ1n) is 12.0. The van der Waals surface area contributed by atoms with Crippen LogP contribution in [0.2, 0.25) is 5.02 Å². The van der Waals surface area contributed by atoms with Crippen molar-refractivity contribution in [2.24, 2.45) is 0 Å². The van der Waals surface area contributed by atoms with Crippen molar-refractivity contribution in [1.82, 2.24) is 9.55 Å². The zero-order valence-corrected chi connectivity index (χ0v) is 24.1. The van der Waals surface area contributed by atoms with Gasteiger partial charge in [0.1, 0.15) is 18.4 Å². The van der Waals surface area contributed by atoms with Gasteiger partial charge in [0, 0.05) is 44.3 Å². The number of hydrogen-bond donors (Lipinski definition) is 1. The second-order valence-electron chi connectivity index (χ2n) is 9.35. The first kappa shape index (κ1) is 28.3. The van der Waals surface area contributed by atoms with Gasteiger partial charge in [0.25, 0.3) is 5.56 Å². The van der Waals surface area contributed by atoms with Gasteiger partial charge >= 0.3 is 5.97 Å². The van der Waals surface area contributed by atoms with Crippen LogP contribution in [0.3, 0.4) is 0 Å². The summed E-state index contributed by atoms with van der Waals surface area (Å²) in [6, 6.07) is 11.2. The van der Waals surface area contributed by atoms with Crippen molar-refractivity contribution in [2.75, 3.05) is 12.9 Å². The van der Waals surface area contributed by atoms with Gasteiger partial charge in [0.15, 0.2) is 5.82 Å². The highest BCUT2D eigenvalue weighted by Crippen LogP contribution is 2.39. The number of hydrogen-bond acceptors (Lipinski definition) is 7. The summed E-state index contributed by atoms with van der Waals surface area (Å²) in [7, 11) is -2.76. The van der Waals surface area contributed by atoms with E-state index in [0.717, 1.165) is 0 Å². The third-order valence-electron chi connectivity index (χ3n) is 6.64. The van der Waals surface area contributed by atoms with Gasteiger partial charge in [0.05, 0.1) is 39.0 Å². The Morgan fingerprint density at radius 3 is 2.73 bits per heavy atom. The van der Waals surface area contributed by atoms with E-state index >= 15 is 4.39 Å². The maximum atomic E-state index is 15.5. The molecule has 208 valence electrons. The number of nitrogens with zero attached hydrogens (tertiary/aromatic N) is 3. The van der Waals surface area contributed by atoms with Gasteiger partial charge in [-0.05, 0) is 58.7 Å². The lowest BCUT2D eigenvalue weighted by molar-refractivity contribution is 0.0699. The lowest BCUT2D eigenvalue weighted by Gasteiger charge is -2.17. The van der Waals surface area contributed by atoms with Crippen LogP contribution in [-0.2, 0) is 16.1 Å². The summed E-state index contributed by atoms with van der Waals surface area (Å²) in [5, 5.41) is 20.9. The largest absolute Gasteiger partial charge is 0.491 e. The molecule has 1 unspecified atom stereocenters. The highest BCUT2D eigenvalue weighted by Gasteiger charge is 2.21. The second kappa shape index (κ2) is 10.6. The standard InChI is InChI=1S/C29H21ClFN3O5S2/c1-15-25(31)21-12-18(41(2,3)38)10-16(13-32)24(21)28(35)34(15)8-9-39-23-5-4-17(30)11-20(23)19-6-7-33-26-22(29(36)37)14-40-27(19)26/h4-7,10-12,14H,2,8-9H2,1,3H3,(H,36,37). The summed E-state index contributed by atoms with van der Waals surface area (Å²) in [6.45, 7) is 1.36. The topological polar surface area (TPSA) is 122 Å². The molecule has 8 nitrogen and oxygen atoms in total. The summed E-state index contributed by atoms with van der Waals surface area (Å²) in [4.78, 5) is 29.5. The highest BCUT2D eigenvalue weighted by molar-refractivity contribution is 7.99. The van der Waals surface area contributed by atoms with Gasteiger partial charge in [-0.1, -0.05) is 11.6 Å². The van der Waals surface area contributed by atoms with Crippen molar-refractivity contribution in [3.63, 3.8) is 0 Å². The Bertz CT molecular complexity index is 2110. The van der Waals surface area contributed by atoms with Crippen molar-refractivity contribution in [3.05, 3.63) is 86.0 Å². The summed E-state index contributed by atoms with van der Waals surface area (Å²) in [5.41, 5.74) is 1.05. The molecular weight excluding hydrogens is 589 g/mol. The average Bonchev–Trinajstić information content (AvgIpc) is 3.38. The predicted octanol–water partition coefficient (Wildman–Crippen LogP) is 5.73. The van der Waals surface area contributed by atoms with Crippen LogP contribution in [0.5, 0.6) is 5.75 Å². The number of aromatic carboxylic acids is 1. The Labute approximate surface area is 242 Å². The van der Waals surface area contributed by atoms with E-state index in [2.05, 4.69) is 10.9 Å². The molecule has 1 atom stereocenters. The number of carboxylic acids is 1. The number of benzene rings is 2. The molecular formula is C29H21ClFN3O5S2. The third-order valence-corrected chi connectivity index (χ3v) is 9.11. The summed E-state index contributed by atoms with van der Waals surface area (Å²) >= 11 is 7.52. The Morgan fingerprint density at radius 1 is 1.29 bits per heavy atom. The molecule has 3 aromatic heterocycles. The number of thiophene rings is 1. The number of carbonyl (C=O) groups is 1. The molecule has 0 spiro atoms. The Balaban J connectivity index is 1.53. The lowest BCUT2D eigenvalue weighted by Crippen LogP contribution is -2.27. The smallest absolute Gasteiger partial charge is 0.338 e. The molecule has 5 rings (SSSR count). The average molecular weight is 610 g/mol. The van der Waals surface area contributed by atoms with E-state index in [9.17, 15) is 24.2 Å². The van der Waals surface area contributed by atoms with E-state index in [1.807, 2.05) is 6.07 Å². The Hall–Kier alpha value is -4.24. The fourth-order valence-corrected chi connectivity index (χ4v) is 6.54. The van der Waals surface area contributed by atoms with Crippen molar-refractivity contribution in [3.8, 4) is 22.9 Å². The summed E-state index contributed by atoms with van der Waals surface area (Å²) < 4.78 is 35.9. The molecule has 2 aromatic carbocycles. The predicted molar refractivity (Wildman–Crippen MR) is 160 cm³/mol. The molecule has 5 aromatic rings. The Kier molecular flexibility index (Phi) is 7.33. The van der Waals surface area contributed by atoms with E-state index in [-0.39, 0.29) is 45.6 Å². The molecule has 1 N–H and O–H groups in total. The molecule has 0 radical (unpaired) electrons. The van der Waals surface area contributed by atoms with E-state index in [4.69, 9.17) is 16.3 Å². The van der Waals surface area contributed by atoms with E-state index in [0.29, 0.717) is 32.1 Å². The SMILES string of the molecule is C=S(C)(=O)c1cc(C#N)c2c(=O)n(CCOc3ccc(Cl)cc3-c3ccnc4c(C(=O)O)csc34)c(C)c(F)c2c1. The van der Waals surface area contributed by atoms with Crippen LogP contribution in [0.4, 0.5) is 4.39 Å². The van der Waals surface area contributed by atoms with Gasteiger partial charge in [-0.3, -0.25) is 14.0 Å². The van der Waals surface area contributed by atoms with Gasteiger partial charge in [0.2, 0.25) is 0 Å². The Morgan fingerprint density at radius 2 is 2.05 bits per heavy atom. The van der Waals surface area contributed by atoms with Crippen LogP contribution >= 0.6 is 22.9 Å². The van der Waals surface area contributed by atoms with Crippen molar-refractivity contribution in [2.45, 2.75) is 18.4 Å². The molecule has 41 heavy (non-hydrogen) atoms. The second-order valence-corrected chi connectivity index (χ2v) is 13.1. The van der Waals surface area contributed by atoms with Crippen molar-refractivity contribution in [1.29, 1.82) is 5.26 Å². The number of fused-ring (bicyclic) bond motifs is 2. The molecule has 0 amide bonds. The monoisotopic (exact) mass is 609 g/mol. The first-order chi connectivity index (χ1) is 19.4. The number of carboxylic acid groups (broad SMARTS) is 1. The van der Waals surface area contributed by atoms with Gasteiger partial charge in [-0.25, -0.2) is 9.18 Å². The van der Waals surface area contributed by atoms with Crippen LogP contribution < -0.4 is 10.3 Å². The fourth-order valence-electron chi connectivity index (χ4n) is 4.61. The zero-order valence-electron chi connectivity index (χ0n) is 21.7. The van der Waals surface area contributed by atoms with Crippen LogP contribution in [0.25, 0.3) is 32.1 Å². The van der Waals surface area contributed by atoms with Gasteiger partial charge in [-0.15, -0.1) is 11.3 Å². The highest BCUT2D eigenvalue weighted by atomic mass is 35.5. The van der Waals surface area contributed by atoms with Crippen molar-refractivity contribution < 1.29 is 23.2 Å². The van der Waals surface area contributed by atoms with E-state index < -0.39 is 26.9 Å². The molecule has 0 aliphatic carbocycles. The molecule has 0 saturated heterocycles. The number of pyridine rings is 2. The zero-order chi connectivity index (χ0) is 29.6. The maximum absolute atomic E-state index is 15.5. The van der Waals surface area contributed by atoms with Gasteiger partial charge in [-0.2, -0.15) is 5.26 Å². The normalized spacial score (nSPS) is 12.8. The molecule has 12 heteroatoms. The van der Waals surface area contributed by atoms with Crippen LogP contribution in [-0.4, -0.2) is 43.6 Å². The molecule has 0 saturated carbocycles. The number of ether oxygens (including phenoxy) is 1. The molecule has 0 aliphatic heterocycles. The fraction of sp³-hybridized carbons (Fsp3) is 0.138. The number of nitriles is 1. The number of halogens is 2. The summed E-state index contributed by atoms with van der Waals surface area (Å²) in [6.07, 6.45) is 2.89. The molecule has 0 fully saturated rings. The molecule has 3 heterocycles. The lowest BCUT2D eigenvalue weighted by atomic mass is 10.0. The van der Waals surface area contributed by atoms with Gasteiger partial charge < -0.3 is 14.4 Å². The quantitative estimate of drug-likeness (QED) is 0.234. The summed E-state index contributed by atoms with van der Waals surface area (Å²) in [5.74, 6) is 2.22. The third kappa shape index (κ3) is 5.06. The maximum Gasteiger partial charge on any atom is 0.338 e. The number of aromatic nitrogens is 2. The minimum absolute atomic E-state index is 0.0331. The minimum Gasteiger partial charge on any atom is -0.491 e.